The molecule has 2 rings (SSSR count). The standard InChI is InChI=1S/C10H14O4/c1-6(11)13-9-3-2-8-4-7(12)5-10(9)14-8/h8-10H,2-5H2,1H3. The van der Waals surface area contributed by atoms with Crippen LogP contribution >= 0.6 is 0 Å². The summed E-state index contributed by atoms with van der Waals surface area (Å²) >= 11 is 0. The highest BCUT2D eigenvalue weighted by atomic mass is 16.6. The fraction of sp³-hybridized carbons (Fsp3) is 0.800. The largest absolute Gasteiger partial charge is 0.460 e. The number of ketones is 1. The fourth-order valence-corrected chi connectivity index (χ4v) is 2.18. The van der Waals surface area contributed by atoms with E-state index in [1.807, 2.05) is 0 Å². The number of ether oxygens (including phenoxy) is 2. The number of Topliss-reactive ketones (excluding diaryl/α,β-unsaturated/α-hetero) is 1. The molecule has 14 heavy (non-hydrogen) atoms. The second kappa shape index (κ2) is 3.69. The van der Waals surface area contributed by atoms with Gasteiger partial charge in [-0.3, -0.25) is 9.59 Å². The van der Waals surface area contributed by atoms with Crippen molar-refractivity contribution in [2.24, 2.45) is 0 Å². The summed E-state index contributed by atoms with van der Waals surface area (Å²) in [5, 5.41) is 0. The summed E-state index contributed by atoms with van der Waals surface area (Å²) in [6, 6.07) is 0. The molecule has 78 valence electrons. The first-order valence-electron chi connectivity index (χ1n) is 4.99. The van der Waals surface area contributed by atoms with Crippen LogP contribution in [0.25, 0.3) is 0 Å². The van der Waals surface area contributed by atoms with E-state index in [0.29, 0.717) is 12.8 Å². The highest BCUT2D eigenvalue weighted by molar-refractivity contribution is 5.80. The molecule has 3 atom stereocenters. The van der Waals surface area contributed by atoms with Crippen molar-refractivity contribution in [3.05, 3.63) is 0 Å². The highest BCUT2D eigenvalue weighted by Crippen LogP contribution is 2.30. The van der Waals surface area contributed by atoms with E-state index < -0.39 is 0 Å². The summed E-state index contributed by atoms with van der Waals surface area (Å²) in [6.07, 6.45) is 2.22. The molecule has 2 saturated heterocycles. The second-order valence-electron chi connectivity index (χ2n) is 3.97. The Bertz CT molecular complexity index is 259. The molecule has 0 aromatic carbocycles. The molecule has 0 aliphatic carbocycles. The van der Waals surface area contributed by atoms with Crippen molar-refractivity contribution in [2.75, 3.05) is 0 Å². The lowest BCUT2D eigenvalue weighted by molar-refractivity contribution is -0.181. The van der Waals surface area contributed by atoms with E-state index in [1.165, 1.54) is 6.92 Å². The molecule has 0 spiro atoms. The highest BCUT2D eigenvalue weighted by Gasteiger charge is 2.39. The molecule has 2 aliphatic rings. The van der Waals surface area contributed by atoms with Crippen molar-refractivity contribution in [3.63, 3.8) is 0 Å². The van der Waals surface area contributed by atoms with E-state index in [0.717, 1.165) is 12.8 Å². The normalized spacial score (nSPS) is 36.6. The first-order valence-corrected chi connectivity index (χ1v) is 4.99. The van der Waals surface area contributed by atoms with Gasteiger partial charge in [0.15, 0.2) is 0 Å². The topological polar surface area (TPSA) is 52.6 Å². The molecule has 0 aromatic rings. The van der Waals surface area contributed by atoms with Crippen LogP contribution in [0.5, 0.6) is 0 Å². The zero-order chi connectivity index (χ0) is 10.1. The van der Waals surface area contributed by atoms with Crippen LogP contribution in [0, 0.1) is 0 Å². The zero-order valence-corrected chi connectivity index (χ0v) is 8.19. The molecule has 0 saturated carbocycles. The lowest BCUT2D eigenvalue weighted by atomic mass is 9.89. The van der Waals surface area contributed by atoms with Gasteiger partial charge in [0, 0.05) is 19.8 Å². The summed E-state index contributed by atoms with van der Waals surface area (Å²) < 4.78 is 10.7. The van der Waals surface area contributed by atoms with Crippen LogP contribution in [-0.4, -0.2) is 30.1 Å². The Morgan fingerprint density at radius 3 is 2.93 bits per heavy atom. The van der Waals surface area contributed by atoms with E-state index in [-0.39, 0.29) is 30.1 Å². The third-order valence-electron chi connectivity index (χ3n) is 2.76. The number of carbonyl (C=O) groups excluding carboxylic acids is 2. The van der Waals surface area contributed by atoms with Crippen molar-refractivity contribution in [1.29, 1.82) is 0 Å². The van der Waals surface area contributed by atoms with Crippen LogP contribution in [0.15, 0.2) is 0 Å². The Balaban J connectivity index is 2.00. The molecule has 2 fully saturated rings. The van der Waals surface area contributed by atoms with Crippen molar-refractivity contribution in [2.45, 2.75) is 50.9 Å². The first-order chi connectivity index (χ1) is 6.65. The molecule has 4 nitrogen and oxygen atoms in total. The Hall–Kier alpha value is -0.900. The lowest BCUT2D eigenvalue weighted by Gasteiger charge is -2.38. The van der Waals surface area contributed by atoms with E-state index in [4.69, 9.17) is 9.47 Å². The minimum atomic E-state index is -0.296. The number of esters is 1. The molecule has 0 radical (unpaired) electrons. The van der Waals surface area contributed by atoms with Gasteiger partial charge in [0.2, 0.25) is 0 Å². The molecule has 0 aromatic heterocycles. The van der Waals surface area contributed by atoms with Gasteiger partial charge < -0.3 is 9.47 Å². The van der Waals surface area contributed by atoms with Gasteiger partial charge in [-0.15, -0.1) is 0 Å². The molecule has 0 N–H and O–H groups in total. The zero-order valence-electron chi connectivity index (χ0n) is 8.19. The molecule has 2 heterocycles. The number of carbonyl (C=O) groups is 2. The summed E-state index contributed by atoms with van der Waals surface area (Å²) in [7, 11) is 0. The number of hydrogen-bond donors (Lipinski definition) is 0. The van der Waals surface area contributed by atoms with Gasteiger partial charge in [-0.05, 0) is 12.8 Å². The summed E-state index contributed by atoms with van der Waals surface area (Å²) in [4.78, 5) is 22.1. The average molecular weight is 198 g/mol. The molecule has 0 amide bonds. The Morgan fingerprint density at radius 2 is 2.21 bits per heavy atom. The van der Waals surface area contributed by atoms with Crippen molar-refractivity contribution in [1.82, 2.24) is 0 Å². The summed E-state index contributed by atoms with van der Waals surface area (Å²) in [5.41, 5.74) is 0. The van der Waals surface area contributed by atoms with Crippen LogP contribution < -0.4 is 0 Å². The third-order valence-corrected chi connectivity index (χ3v) is 2.76. The van der Waals surface area contributed by atoms with Gasteiger partial charge >= 0.3 is 5.97 Å². The van der Waals surface area contributed by atoms with E-state index in [9.17, 15) is 9.59 Å². The molecular formula is C10H14O4. The predicted molar refractivity (Wildman–Crippen MR) is 47.7 cm³/mol. The number of fused-ring (bicyclic) bond motifs is 2. The smallest absolute Gasteiger partial charge is 0.302 e. The predicted octanol–water partition coefficient (Wildman–Crippen LogP) is 0.829. The van der Waals surface area contributed by atoms with Crippen molar-refractivity contribution >= 4 is 11.8 Å². The van der Waals surface area contributed by atoms with Crippen molar-refractivity contribution < 1.29 is 19.1 Å². The summed E-state index contributed by atoms with van der Waals surface area (Å²) in [5.74, 6) is -0.0711. The second-order valence-corrected chi connectivity index (χ2v) is 3.97. The average Bonchev–Trinajstić information content (AvgIpc) is 2.09. The van der Waals surface area contributed by atoms with Crippen LogP contribution in [0.1, 0.15) is 32.6 Å². The molecule has 4 heteroatoms. The Kier molecular flexibility index (Phi) is 2.54. The van der Waals surface area contributed by atoms with Gasteiger partial charge in [-0.2, -0.15) is 0 Å². The molecule has 2 aliphatic heterocycles. The molecular weight excluding hydrogens is 184 g/mol. The van der Waals surface area contributed by atoms with Crippen LogP contribution in [0.4, 0.5) is 0 Å². The maximum absolute atomic E-state index is 11.3. The van der Waals surface area contributed by atoms with Crippen LogP contribution in [-0.2, 0) is 19.1 Å². The minimum Gasteiger partial charge on any atom is -0.460 e. The number of hydrogen-bond acceptors (Lipinski definition) is 4. The SMILES string of the molecule is CC(=O)OC1CCC2CC(=O)CC1O2. The van der Waals surface area contributed by atoms with Gasteiger partial charge in [0.1, 0.15) is 18.0 Å². The monoisotopic (exact) mass is 198 g/mol. The van der Waals surface area contributed by atoms with Crippen molar-refractivity contribution in [3.8, 4) is 0 Å². The van der Waals surface area contributed by atoms with E-state index in [1.54, 1.807) is 0 Å². The quantitative estimate of drug-likeness (QED) is 0.585. The molecule has 3 unspecified atom stereocenters. The Morgan fingerprint density at radius 1 is 1.43 bits per heavy atom. The third kappa shape index (κ3) is 1.95. The van der Waals surface area contributed by atoms with Gasteiger partial charge in [0.25, 0.3) is 0 Å². The van der Waals surface area contributed by atoms with Gasteiger partial charge in [-0.25, -0.2) is 0 Å². The van der Waals surface area contributed by atoms with Gasteiger partial charge in [0.05, 0.1) is 6.10 Å². The lowest BCUT2D eigenvalue weighted by Crippen LogP contribution is -2.46. The fourth-order valence-electron chi connectivity index (χ4n) is 2.18. The van der Waals surface area contributed by atoms with Gasteiger partial charge in [-0.1, -0.05) is 0 Å². The summed E-state index contributed by atoms with van der Waals surface area (Å²) in [6.45, 7) is 1.39. The van der Waals surface area contributed by atoms with E-state index in [2.05, 4.69) is 0 Å². The minimum absolute atomic E-state index is 0.0630. The van der Waals surface area contributed by atoms with Crippen LogP contribution in [0.2, 0.25) is 0 Å². The van der Waals surface area contributed by atoms with E-state index >= 15 is 0 Å². The molecule has 2 bridgehead atoms. The maximum atomic E-state index is 11.3. The first kappa shape index (κ1) is 9.65. The van der Waals surface area contributed by atoms with Crippen LogP contribution in [0.3, 0.4) is 0 Å². The number of rotatable bonds is 1. The Labute approximate surface area is 82.6 Å². The maximum Gasteiger partial charge on any atom is 0.302 e.